The Morgan fingerprint density at radius 3 is 2.57 bits per heavy atom. The lowest BCUT2D eigenvalue weighted by Gasteiger charge is -2.12. The van der Waals surface area contributed by atoms with Crippen molar-refractivity contribution >= 4 is 11.8 Å². The van der Waals surface area contributed by atoms with E-state index in [1.165, 1.54) is 0 Å². The molecule has 0 aliphatic rings. The van der Waals surface area contributed by atoms with Crippen molar-refractivity contribution < 1.29 is 8.78 Å². The second-order valence-electron chi connectivity index (χ2n) is 3.01. The Labute approximate surface area is 86.7 Å². The first-order valence-corrected chi connectivity index (χ1v) is 5.53. The summed E-state index contributed by atoms with van der Waals surface area (Å²) >= 11 is 1.55. The molecule has 0 amide bonds. The molecule has 0 aliphatic heterocycles. The number of benzene rings is 1. The second-order valence-corrected chi connectivity index (χ2v) is 3.86. The molecule has 1 nitrogen and oxygen atoms in total. The quantitative estimate of drug-likeness (QED) is 0.784. The van der Waals surface area contributed by atoms with Crippen molar-refractivity contribution in [3.63, 3.8) is 0 Å². The number of halogens is 2. The van der Waals surface area contributed by atoms with Crippen LogP contribution in [0, 0.1) is 0 Å². The molecule has 0 aliphatic carbocycles. The van der Waals surface area contributed by atoms with Crippen LogP contribution in [0.2, 0.25) is 0 Å². The molecule has 1 aromatic rings. The Bertz CT molecular complexity index is 291. The van der Waals surface area contributed by atoms with Crippen molar-refractivity contribution in [3.8, 4) is 0 Å². The molecule has 1 unspecified atom stereocenters. The van der Waals surface area contributed by atoms with E-state index in [9.17, 15) is 8.78 Å². The Kier molecular flexibility index (Phi) is 4.35. The van der Waals surface area contributed by atoms with Gasteiger partial charge in [0, 0.05) is 4.90 Å². The lowest BCUT2D eigenvalue weighted by Crippen LogP contribution is -2.31. The molecule has 4 heteroatoms. The summed E-state index contributed by atoms with van der Waals surface area (Å²) in [6.07, 6.45) is -0.300. The number of rotatable bonds is 4. The summed E-state index contributed by atoms with van der Waals surface area (Å²) in [5.41, 5.74) is 6.21. The molecule has 14 heavy (non-hydrogen) atoms. The van der Waals surface area contributed by atoms with Gasteiger partial charge in [-0.25, -0.2) is 8.78 Å². The van der Waals surface area contributed by atoms with Crippen molar-refractivity contribution in [1.29, 1.82) is 0 Å². The molecule has 1 aromatic carbocycles. The van der Waals surface area contributed by atoms with Gasteiger partial charge in [0.1, 0.15) is 0 Å². The fraction of sp³-hybridized carbons (Fsp3) is 0.400. The average Bonchev–Trinajstić information content (AvgIpc) is 2.18. The van der Waals surface area contributed by atoms with Crippen molar-refractivity contribution in [3.05, 3.63) is 29.8 Å². The Morgan fingerprint density at radius 2 is 2.00 bits per heavy atom. The van der Waals surface area contributed by atoms with Gasteiger partial charge in [0.05, 0.1) is 6.04 Å². The van der Waals surface area contributed by atoms with Gasteiger partial charge in [-0.05, 0) is 24.3 Å². The minimum atomic E-state index is -2.45. The fourth-order valence-corrected chi connectivity index (χ4v) is 1.84. The van der Waals surface area contributed by atoms with Crippen LogP contribution in [-0.2, 0) is 6.42 Å². The van der Waals surface area contributed by atoms with Crippen LogP contribution in [0.3, 0.4) is 0 Å². The Hall–Kier alpha value is -0.610. The van der Waals surface area contributed by atoms with Gasteiger partial charge in [-0.1, -0.05) is 18.2 Å². The minimum absolute atomic E-state index is 0.231. The molecule has 1 rings (SSSR count). The van der Waals surface area contributed by atoms with E-state index in [1.54, 1.807) is 11.8 Å². The molecule has 0 aromatic heterocycles. The fourth-order valence-electron chi connectivity index (χ4n) is 1.21. The normalized spacial score (nSPS) is 13.2. The van der Waals surface area contributed by atoms with Crippen LogP contribution in [0.4, 0.5) is 8.78 Å². The predicted molar refractivity (Wildman–Crippen MR) is 55.9 cm³/mol. The number of hydrogen-bond acceptors (Lipinski definition) is 2. The van der Waals surface area contributed by atoms with Gasteiger partial charge in [0.2, 0.25) is 0 Å². The zero-order valence-electron chi connectivity index (χ0n) is 7.91. The summed E-state index contributed by atoms with van der Waals surface area (Å²) in [4.78, 5) is 1.02. The number of alkyl halides is 2. The maximum Gasteiger partial charge on any atom is 0.253 e. The second kappa shape index (κ2) is 5.32. The molecule has 0 fully saturated rings. The smallest absolute Gasteiger partial charge is 0.253 e. The zero-order valence-corrected chi connectivity index (χ0v) is 8.73. The summed E-state index contributed by atoms with van der Waals surface area (Å²) in [5, 5.41) is 0. The first-order valence-electron chi connectivity index (χ1n) is 4.30. The summed E-state index contributed by atoms with van der Waals surface area (Å²) in [6, 6.07) is 6.42. The minimum Gasteiger partial charge on any atom is -0.323 e. The van der Waals surface area contributed by atoms with Crippen molar-refractivity contribution in [2.24, 2.45) is 5.73 Å². The van der Waals surface area contributed by atoms with E-state index in [0.29, 0.717) is 0 Å². The van der Waals surface area contributed by atoms with Crippen LogP contribution in [-0.4, -0.2) is 18.7 Å². The van der Waals surface area contributed by atoms with Gasteiger partial charge in [-0.3, -0.25) is 0 Å². The van der Waals surface area contributed by atoms with Crippen LogP contribution >= 0.6 is 11.8 Å². The SMILES string of the molecule is CSc1ccccc1CC(N)C(F)F. The van der Waals surface area contributed by atoms with Gasteiger partial charge < -0.3 is 5.73 Å². The standard InChI is InChI=1S/C10H13F2NS/c1-14-9-5-3-2-4-7(9)6-8(13)10(11)12/h2-5,8,10H,6,13H2,1H3. The highest BCUT2D eigenvalue weighted by Gasteiger charge is 2.16. The van der Waals surface area contributed by atoms with Gasteiger partial charge in [-0.15, -0.1) is 11.8 Å². The Balaban J connectivity index is 2.75. The molecule has 0 heterocycles. The first-order chi connectivity index (χ1) is 6.65. The van der Waals surface area contributed by atoms with E-state index in [1.807, 2.05) is 30.5 Å². The molecule has 1 atom stereocenters. The van der Waals surface area contributed by atoms with E-state index in [0.717, 1.165) is 10.5 Å². The molecule has 2 N–H and O–H groups in total. The van der Waals surface area contributed by atoms with Crippen LogP contribution in [0.15, 0.2) is 29.2 Å². The summed E-state index contributed by atoms with van der Waals surface area (Å²) < 4.78 is 24.4. The lowest BCUT2D eigenvalue weighted by molar-refractivity contribution is 0.115. The largest absolute Gasteiger partial charge is 0.323 e. The molecule has 0 saturated carbocycles. The molecule has 0 saturated heterocycles. The highest BCUT2D eigenvalue weighted by Crippen LogP contribution is 2.21. The number of hydrogen-bond donors (Lipinski definition) is 1. The molecule has 0 bridgehead atoms. The summed E-state index contributed by atoms with van der Waals surface area (Å²) in [5.74, 6) is 0. The van der Waals surface area contributed by atoms with E-state index in [2.05, 4.69) is 0 Å². The monoisotopic (exact) mass is 217 g/mol. The Morgan fingerprint density at radius 1 is 1.36 bits per heavy atom. The third kappa shape index (κ3) is 2.96. The highest BCUT2D eigenvalue weighted by molar-refractivity contribution is 7.98. The predicted octanol–water partition coefficient (Wildman–Crippen LogP) is 2.54. The van der Waals surface area contributed by atoms with E-state index < -0.39 is 12.5 Å². The first kappa shape index (κ1) is 11.5. The highest BCUT2D eigenvalue weighted by atomic mass is 32.2. The van der Waals surface area contributed by atoms with Crippen molar-refractivity contribution in [2.45, 2.75) is 23.8 Å². The molecule has 78 valence electrons. The van der Waals surface area contributed by atoms with E-state index >= 15 is 0 Å². The van der Waals surface area contributed by atoms with Crippen LogP contribution in [0.25, 0.3) is 0 Å². The lowest BCUT2D eigenvalue weighted by atomic mass is 10.1. The maximum absolute atomic E-state index is 12.2. The van der Waals surface area contributed by atoms with Crippen LogP contribution in [0.1, 0.15) is 5.56 Å². The van der Waals surface area contributed by atoms with E-state index in [4.69, 9.17) is 5.73 Å². The topological polar surface area (TPSA) is 26.0 Å². The van der Waals surface area contributed by atoms with Crippen LogP contribution < -0.4 is 5.73 Å². The van der Waals surface area contributed by atoms with Gasteiger partial charge in [0.15, 0.2) is 0 Å². The summed E-state index contributed by atoms with van der Waals surface area (Å²) in [7, 11) is 0. The van der Waals surface area contributed by atoms with Gasteiger partial charge in [0.25, 0.3) is 6.43 Å². The van der Waals surface area contributed by atoms with Gasteiger partial charge >= 0.3 is 0 Å². The summed E-state index contributed by atoms with van der Waals surface area (Å²) in [6.45, 7) is 0. The van der Waals surface area contributed by atoms with Crippen molar-refractivity contribution in [2.75, 3.05) is 6.26 Å². The molecule has 0 spiro atoms. The zero-order chi connectivity index (χ0) is 10.6. The van der Waals surface area contributed by atoms with Gasteiger partial charge in [-0.2, -0.15) is 0 Å². The number of nitrogens with two attached hydrogens (primary N) is 1. The molecule has 0 radical (unpaired) electrons. The van der Waals surface area contributed by atoms with E-state index in [-0.39, 0.29) is 6.42 Å². The average molecular weight is 217 g/mol. The number of thioether (sulfide) groups is 1. The molecular formula is C10H13F2NS. The molecular weight excluding hydrogens is 204 g/mol. The third-order valence-electron chi connectivity index (χ3n) is 1.97. The third-order valence-corrected chi connectivity index (χ3v) is 2.81. The van der Waals surface area contributed by atoms with Crippen molar-refractivity contribution in [1.82, 2.24) is 0 Å². The maximum atomic E-state index is 12.2. The van der Waals surface area contributed by atoms with Crippen LogP contribution in [0.5, 0.6) is 0 Å².